The van der Waals surface area contributed by atoms with Crippen molar-refractivity contribution in [3.8, 4) is 5.75 Å². The first kappa shape index (κ1) is 14.1. The maximum absolute atomic E-state index is 12.2. The Hall–Kier alpha value is -1.83. The van der Waals surface area contributed by atoms with Crippen molar-refractivity contribution in [3.05, 3.63) is 47.1 Å². The van der Waals surface area contributed by atoms with Crippen LogP contribution in [-0.2, 0) is 4.79 Å². The minimum atomic E-state index is -0.235. The van der Waals surface area contributed by atoms with Crippen LogP contribution in [-0.4, -0.2) is 12.9 Å². The zero-order valence-corrected chi connectivity index (χ0v) is 13.0. The molecule has 0 heterocycles. The molecular weight excluding hydrogens is 260 g/mol. The number of Topliss-reactive ketones (excluding diaryl/α,β-unsaturated/α-hetero) is 1. The molecule has 1 unspecified atom stereocenters. The monoisotopic (exact) mass is 282 g/mol. The third kappa shape index (κ3) is 2.14. The lowest BCUT2D eigenvalue weighted by atomic mass is 9.68. The number of fused-ring (bicyclic) bond motifs is 1. The number of carbonyl (C=O) groups excluding carboxylic acids is 1. The summed E-state index contributed by atoms with van der Waals surface area (Å²) in [5, 5.41) is 0. The lowest BCUT2D eigenvalue weighted by Crippen LogP contribution is -2.29. The van der Waals surface area contributed by atoms with E-state index in [1.807, 2.05) is 12.1 Å². The molecule has 0 aromatic heterocycles. The fourth-order valence-corrected chi connectivity index (χ4v) is 3.73. The second kappa shape index (κ2) is 5.18. The van der Waals surface area contributed by atoms with Crippen molar-refractivity contribution in [2.75, 3.05) is 7.11 Å². The smallest absolute Gasteiger partial charge is 0.146 e. The van der Waals surface area contributed by atoms with Crippen molar-refractivity contribution in [1.82, 2.24) is 0 Å². The minimum Gasteiger partial charge on any atom is -0.497 e. The standard InChI is InChI=1S/C19H22O2/c1-4-15-16(13-5-7-14(21-3)8-6-13)11-12-19(2)17(15)9-10-18(19)20/h5-9H,4,10-12H2,1-3H3. The number of hydrogen-bond donors (Lipinski definition) is 0. The van der Waals surface area contributed by atoms with E-state index >= 15 is 0 Å². The van der Waals surface area contributed by atoms with Crippen LogP contribution < -0.4 is 4.74 Å². The van der Waals surface area contributed by atoms with Gasteiger partial charge < -0.3 is 4.74 Å². The van der Waals surface area contributed by atoms with Crippen LogP contribution >= 0.6 is 0 Å². The average Bonchev–Trinajstić information content (AvgIpc) is 2.82. The van der Waals surface area contributed by atoms with Gasteiger partial charge in [0.1, 0.15) is 11.5 Å². The highest BCUT2D eigenvalue weighted by atomic mass is 16.5. The maximum atomic E-state index is 12.2. The van der Waals surface area contributed by atoms with Crippen LogP contribution in [0, 0.1) is 5.41 Å². The van der Waals surface area contributed by atoms with Crippen LogP contribution in [0.2, 0.25) is 0 Å². The van der Waals surface area contributed by atoms with Crippen LogP contribution in [0.5, 0.6) is 5.75 Å². The van der Waals surface area contributed by atoms with Gasteiger partial charge in [0.2, 0.25) is 0 Å². The van der Waals surface area contributed by atoms with Gasteiger partial charge >= 0.3 is 0 Å². The number of rotatable bonds is 3. The fourth-order valence-electron chi connectivity index (χ4n) is 3.73. The molecule has 0 saturated carbocycles. The van der Waals surface area contributed by atoms with Crippen molar-refractivity contribution in [2.45, 2.75) is 39.5 Å². The summed E-state index contributed by atoms with van der Waals surface area (Å²) in [4.78, 5) is 12.2. The van der Waals surface area contributed by atoms with Crippen LogP contribution in [0.1, 0.15) is 45.1 Å². The quantitative estimate of drug-likeness (QED) is 0.812. The van der Waals surface area contributed by atoms with Crippen molar-refractivity contribution in [3.63, 3.8) is 0 Å². The molecule has 2 heteroatoms. The Morgan fingerprint density at radius 1 is 1.24 bits per heavy atom. The number of ether oxygens (including phenoxy) is 1. The molecule has 3 rings (SSSR count). The lowest BCUT2D eigenvalue weighted by Gasteiger charge is -2.35. The zero-order chi connectivity index (χ0) is 15.0. The molecule has 0 radical (unpaired) electrons. The van der Waals surface area contributed by atoms with Gasteiger partial charge in [0.15, 0.2) is 0 Å². The number of carbonyl (C=O) groups is 1. The van der Waals surface area contributed by atoms with Gasteiger partial charge in [-0.25, -0.2) is 0 Å². The lowest BCUT2D eigenvalue weighted by molar-refractivity contribution is -0.124. The zero-order valence-electron chi connectivity index (χ0n) is 13.0. The fraction of sp³-hybridized carbons (Fsp3) is 0.421. The highest BCUT2D eigenvalue weighted by molar-refractivity contribution is 5.96. The first-order valence-electron chi connectivity index (χ1n) is 7.71. The van der Waals surface area contributed by atoms with Gasteiger partial charge in [0, 0.05) is 6.42 Å². The third-order valence-corrected chi connectivity index (χ3v) is 5.06. The molecule has 0 N–H and O–H groups in total. The van der Waals surface area contributed by atoms with E-state index < -0.39 is 0 Å². The molecule has 21 heavy (non-hydrogen) atoms. The predicted octanol–water partition coefficient (Wildman–Crippen LogP) is 4.56. The van der Waals surface area contributed by atoms with E-state index in [9.17, 15) is 4.79 Å². The van der Waals surface area contributed by atoms with Crippen LogP contribution in [0.15, 0.2) is 41.5 Å². The summed E-state index contributed by atoms with van der Waals surface area (Å²) in [5.74, 6) is 1.27. The molecule has 0 aliphatic heterocycles. The highest BCUT2D eigenvalue weighted by Gasteiger charge is 2.44. The summed E-state index contributed by atoms with van der Waals surface area (Å²) in [7, 11) is 1.69. The topological polar surface area (TPSA) is 26.3 Å². The van der Waals surface area contributed by atoms with Gasteiger partial charge in [-0.1, -0.05) is 25.1 Å². The molecule has 2 aliphatic carbocycles. The summed E-state index contributed by atoms with van der Waals surface area (Å²) in [6.07, 6.45) is 5.66. The molecule has 0 fully saturated rings. The average molecular weight is 282 g/mol. The number of hydrogen-bond acceptors (Lipinski definition) is 2. The Morgan fingerprint density at radius 3 is 2.57 bits per heavy atom. The number of ketones is 1. The second-order valence-electron chi connectivity index (χ2n) is 6.12. The first-order chi connectivity index (χ1) is 10.1. The Balaban J connectivity index is 2.06. The van der Waals surface area contributed by atoms with Crippen molar-refractivity contribution >= 4 is 11.4 Å². The van der Waals surface area contributed by atoms with Crippen LogP contribution in [0.3, 0.4) is 0 Å². The van der Waals surface area contributed by atoms with Crippen LogP contribution in [0.4, 0.5) is 0 Å². The number of allylic oxidation sites excluding steroid dienone is 4. The van der Waals surface area contributed by atoms with Gasteiger partial charge in [0.05, 0.1) is 12.5 Å². The third-order valence-electron chi connectivity index (χ3n) is 5.06. The van der Waals surface area contributed by atoms with E-state index in [0.29, 0.717) is 12.2 Å². The van der Waals surface area contributed by atoms with E-state index in [0.717, 1.165) is 25.0 Å². The molecule has 1 aromatic carbocycles. The second-order valence-corrected chi connectivity index (χ2v) is 6.12. The Morgan fingerprint density at radius 2 is 1.95 bits per heavy atom. The molecule has 1 aromatic rings. The van der Waals surface area contributed by atoms with E-state index in [-0.39, 0.29) is 5.41 Å². The van der Waals surface area contributed by atoms with E-state index in [4.69, 9.17) is 4.74 Å². The molecule has 2 aliphatic rings. The van der Waals surface area contributed by atoms with Crippen molar-refractivity contribution in [2.24, 2.45) is 5.41 Å². The summed E-state index contributed by atoms with van der Waals surface area (Å²) >= 11 is 0. The van der Waals surface area contributed by atoms with Crippen molar-refractivity contribution < 1.29 is 9.53 Å². The van der Waals surface area contributed by atoms with Gasteiger partial charge in [0.25, 0.3) is 0 Å². The number of benzene rings is 1. The normalized spacial score (nSPS) is 24.9. The molecule has 0 bridgehead atoms. The predicted molar refractivity (Wildman–Crippen MR) is 85.3 cm³/mol. The van der Waals surface area contributed by atoms with E-state index in [1.165, 1.54) is 22.3 Å². The first-order valence-corrected chi connectivity index (χ1v) is 7.71. The molecular formula is C19H22O2. The molecule has 1 atom stereocenters. The largest absolute Gasteiger partial charge is 0.497 e. The van der Waals surface area contributed by atoms with Gasteiger partial charge in [-0.15, -0.1) is 0 Å². The van der Waals surface area contributed by atoms with E-state index in [1.54, 1.807) is 7.11 Å². The SMILES string of the molecule is CCC1=C(c2ccc(OC)cc2)CCC2(C)C(=O)CC=C12. The Bertz CT molecular complexity index is 634. The summed E-state index contributed by atoms with van der Waals surface area (Å²) in [5.41, 5.74) is 5.08. The minimum absolute atomic E-state index is 0.235. The highest BCUT2D eigenvalue weighted by Crippen LogP contribution is 2.51. The maximum Gasteiger partial charge on any atom is 0.146 e. The summed E-state index contributed by atoms with van der Waals surface area (Å²) in [6, 6.07) is 8.28. The summed E-state index contributed by atoms with van der Waals surface area (Å²) in [6.45, 7) is 4.31. The van der Waals surface area contributed by atoms with Gasteiger partial charge in [-0.3, -0.25) is 4.79 Å². The van der Waals surface area contributed by atoms with Gasteiger partial charge in [-0.2, -0.15) is 0 Å². The van der Waals surface area contributed by atoms with E-state index in [2.05, 4.69) is 32.1 Å². The van der Waals surface area contributed by atoms with Crippen molar-refractivity contribution in [1.29, 1.82) is 0 Å². The molecule has 0 spiro atoms. The van der Waals surface area contributed by atoms with Gasteiger partial charge in [-0.05, 0) is 60.6 Å². The molecule has 0 amide bonds. The number of methoxy groups -OCH3 is 1. The Kier molecular flexibility index (Phi) is 3.48. The molecule has 2 nitrogen and oxygen atoms in total. The van der Waals surface area contributed by atoms with Crippen LogP contribution in [0.25, 0.3) is 5.57 Å². The summed E-state index contributed by atoms with van der Waals surface area (Å²) < 4.78 is 5.24. The Labute approximate surface area is 126 Å². The molecule has 0 saturated heterocycles. The molecule has 110 valence electrons.